The molecule has 0 aromatic carbocycles. The number of hydrogen-bond acceptors (Lipinski definition) is 4. The van der Waals surface area contributed by atoms with Crippen molar-refractivity contribution in [1.82, 2.24) is 14.9 Å². The molecule has 5 nitrogen and oxygen atoms in total. The van der Waals surface area contributed by atoms with Crippen LogP contribution in [0.25, 0.3) is 0 Å². The first kappa shape index (κ1) is 14.5. The average Bonchev–Trinajstić information content (AvgIpc) is 2.88. The molecule has 110 valence electrons. The summed E-state index contributed by atoms with van der Waals surface area (Å²) in [6.07, 6.45) is 2.36. The molecule has 6 heteroatoms. The highest BCUT2D eigenvalue weighted by atomic mass is 127. The zero-order valence-electron chi connectivity index (χ0n) is 11.9. The highest BCUT2D eigenvalue weighted by Crippen LogP contribution is 2.29. The standard InChI is InChI=1S/C14H20IN3O2/c1-8(2)12-11(15)14(19)17-13(16-12)10-6-18-5-3-4-9(18)7-20-10/h8-10H,3-7H2,1-2H3,(H,16,17,19). The van der Waals surface area contributed by atoms with Gasteiger partial charge in [0, 0.05) is 12.6 Å². The van der Waals surface area contributed by atoms with E-state index >= 15 is 0 Å². The molecular weight excluding hydrogens is 369 g/mol. The van der Waals surface area contributed by atoms with Gasteiger partial charge in [0.25, 0.3) is 5.56 Å². The molecule has 2 aliphatic rings. The third-order valence-electron chi connectivity index (χ3n) is 4.15. The number of nitrogens with one attached hydrogen (secondary N) is 1. The van der Waals surface area contributed by atoms with Crippen molar-refractivity contribution >= 4 is 22.6 Å². The van der Waals surface area contributed by atoms with E-state index in [9.17, 15) is 4.79 Å². The molecule has 0 radical (unpaired) electrons. The first-order chi connectivity index (χ1) is 9.56. The van der Waals surface area contributed by atoms with Crippen molar-refractivity contribution in [2.45, 2.75) is 44.8 Å². The van der Waals surface area contributed by atoms with Gasteiger partial charge in [-0.1, -0.05) is 13.8 Å². The SMILES string of the molecule is CC(C)c1nc(C2CN3CCCC3CO2)[nH]c(=O)c1I. The minimum Gasteiger partial charge on any atom is -0.367 e. The molecule has 2 fully saturated rings. The second-order valence-corrected chi connectivity index (χ2v) is 7.00. The number of hydrogen-bond donors (Lipinski definition) is 1. The molecule has 0 amide bonds. The Morgan fingerprint density at radius 3 is 3.05 bits per heavy atom. The summed E-state index contributed by atoms with van der Waals surface area (Å²) in [7, 11) is 0. The van der Waals surface area contributed by atoms with Crippen molar-refractivity contribution in [1.29, 1.82) is 0 Å². The van der Waals surface area contributed by atoms with Crippen molar-refractivity contribution in [3.05, 3.63) is 25.4 Å². The molecule has 0 aliphatic carbocycles. The summed E-state index contributed by atoms with van der Waals surface area (Å²) >= 11 is 2.07. The molecule has 0 spiro atoms. The molecule has 2 aliphatic heterocycles. The number of morpholine rings is 1. The Kier molecular flexibility index (Phi) is 4.14. The Morgan fingerprint density at radius 1 is 1.50 bits per heavy atom. The summed E-state index contributed by atoms with van der Waals surface area (Å²) in [6.45, 7) is 6.84. The second-order valence-electron chi connectivity index (χ2n) is 5.92. The third kappa shape index (κ3) is 2.65. The largest absolute Gasteiger partial charge is 0.367 e. The van der Waals surface area contributed by atoms with Gasteiger partial charge in [-0.15, -0.1) is 0 Å². The van der Waals surface area contributed by atoms with Crippen molar-refractivity contribution < 1.29 is 4.74 Å². The number of fused-ring (bicyclic) bond motifs is 1. The van der Waals surface area contributed by atoms with Gasteiger partial charge in [0.05, 0.1) is 15.9 Å². The maximum Gasteiger partial charge on any atom is 0.264 e. The van der Waals surface area contributed by atoms with Crippen LogP contribution in [0, 0.1) is 3.57 Å². The minimum absolute atomic E-state index is 0.0496. The van der Waals surface area contributed by atoms with Crippen LogP contribution in [0.2, 0.25) is 0 Å². The van der Waals surface area contributed by atoms with E-state index in [0.717, 1.165) is 25.4 Å². The lowest BCUT2D eigenvalue weighted by Crippen LogP contribution is -2.43. The lowest BCUT2D eigenvalue weighted by atomic mass is 10.1. The fourth-order valence-corrected chi connectivity index (χ4v) is 3.89. The van der Waals surface area contributed by atoms with Crippen LogP contribution in [-0.4, -0.2) is 40.6 Å². The lowest BCUT2D eigenvalue weighted by molar-refractivity contribution is -0.0543. The van der Waals surface area contributed by atoms with Crippen LogP contribution < -0.4 is 5.56 Å². The quantitative estimate of drug-likeness (QED) is 0.787. The van der Waals surface area contributed by atoms with E-state index in [2.05, 4.69) is 51.3 Å². The monoisotopic (exact) mass is 389 g/mol. The summed E-state index contributed by atoms with van der Waals surface area (Å²) in [5.74, 6) is 0.926. The predicted molar refractivity (Wildman–Crippen MR) is 85.0 cm³/mol. The normalized spacial score (nSPS) is 27.0. The van der Waals surface area contributed by atoms with Crippen LogP contribution in [0.5, 0.6) is 0 Å². The third-order valence-corrected chi connectivity index (χ3v) is 5.19. The second kappa shape index (κ2) is 5.73. The van der Waals surface area contributed by atoms with Gasteiger partial charge in [-0.3, -0.25) is 9.69 Å². The summed E-state index contributed by atoms with van der Waals surface area (Å²) in [5, 5.41) is 0. The number of ether oxygens (including phenoxy) is 1. The van der Waals surface area contributed by atoms with Gasteiger partial charge in [0.1, 0.15) is 11.9 Å². The Morgan fingerprint density at radius 2 is 2.30 bits per heavy atom. The van der Waals surface area contributed by atoms with Crippen LogP contribution in [0.3, 0.4) is 0 Å². The van der Waals surface area contributed by atoms with Gasteiger partial charge in [0.2, 0.25) is 0 Å². The molecule has 0 saturated carbocycles. The number of aromatic amines is 1. The van der Waals surface area contributed by atoms with Gasteiger partial charge < -0.3 is 9.72 Å². The highest BCUT2D eigenvalue weighted by Gasteiger charge is 2.34. The molecule has 1 aromatic heterocycles. The maximum atomic E-state index is 12.1. The number of nitrogens with zero attached hydrogens (tertiary/aromatic N) is 2. The molecule has 2 unspecified atom stereocenters. The molecule has 1 aromatic rings. The van der Waals surface area contributed by atoms with Gasteiger partial charge >= 0.3 is 0 Å². The molecule has 20 heavy (non-hydrogen) atoms. The van der Waals surface area contributed by atoms with Gasteiger partial charge in [-0.2, -0.15) is 0 Å². The average molecular weight is 389 g/mol. The van der Waals surface area contributed by atoms with Crippen LogP contribution in [-0.2, 0) is 4.74 Å². The molecule has 2 saturated heterocycles. The Bertz CT molecular complexity index is 558. The van der Waals surface area contributed by atoms with E-state index < -0.39 is 0 Å². The van der Waals surface area contributed by atoms with E-state index in [1.54, 1.807) is 0 Å². The van der Waals surface area contributed by atoms with E-state index in [1.165, 1.54) is 12.8 Å². The lowest BCUT2D eigenvalue weighted by Gasteiger charge is -2.34. The van der Waals surface area contributed by atoms with Crippen LogP contribution in [0.1, 0.15) is 50.2 Å². The molecule has 0 bridgehead atoms. The van der Waals surface area contributed by atoms with Crippen molar-refractivity contribution in [3.63, 3.8) is 0 Å². The van der Waals surface area contributed by atoms with Gasteiger partial charge in [-0.05, 0) is 47.9 Å². The van der Waals surface area contributed by atoms with Crippen molar-refractivity contribution in [3.8, 4) is 0 Å². The Hall–Kier alpha value is -0.470. The number of rotatable bonds is 2. The zero-order chi connectivity index (χ0) is 14.3. The van der Waals surface area contributed by atoms with E-state index in [4.69, 9.17) is 4.74 Å². The van der Waals surface area contributed by atoms with Crippen LogP contribution in [0.15, 0.2) is 4.79 Å². The van der Waals surface area contributed by atoms with Crippen molar-refractivity contribution in [2.75, 3.05) is 19.7 Å². The topological polar surface area (TPSA) is 58.2 Å². The maximum absolute atomic E-state index is 12.1. The molecule has 1 N–H and O–H groups in total. The van der Waals surface area contributed by atoms with Crippen LogP contribution in [0.4, 0.5) is 0 Å². The first-order valence-corrected chi connectivity index (χ1v) is 8.29. The Labute approximate surface area is 132 Å². The number of H-pyrrole nitrogens is 1. The van der Waals surface area contributed by atoms with Crippen molar-refractivity contribution in [2.24, 2.45) is 0 Å². The summed E-state index contributed by atoms with van der Waals surface area (Å²) in [4.78, 5) is 22.1. The summed E-state index contributed by atoms with van der Waals surface area (Å²) in [6, 6.07) is 0.561. The predicted octanol–water partition coefficient (Wildman–Crippen LogP) is 2.03. The van der Waals surface area contributed by atoms with E-state index in [1.807, 2.05) is 0 Å². The minimum atomic E-state index is -0.105. The Balaban J connectivity index is 1.88. The first-order valence-electron chi connectivity index (χ1n) is 7.21. The van der Waals surface area contributed by atoms with E-state index in [-0.39, 0.29) is 17.6 Å². The smallest absolute Gasteiger partial charge is 0.264 e. The zero-order valence-corrected chi connectivity index (χ0v) is 14.0. The molecule has 3 rings (SSSR count). The van der Waals surface area contributed by atoms with Crippen LogP contribution >= 0.6 is 22.6 Å². The van der Waals surface area contributed by atoms with E-state index in [0.29, 0.717) is 15.4 Å². The highest BCUT2D eigenvalue weighted by molar-refractivity contribution is 14.1. The fraction of sp³-hybridized carbons (Fsp3) is 0.714. The molecular formula is C14H20IN3O2. The molecule has 2 atom stereocenters. The fourth-order valence-electron chi connectivity index (χ4n) is 3.01. The number of halogens is 1. The summed E-state index contributed by atoms with van der Waals surface area (Å²) < 4.78 is 6.62. The number of aromatic nitrogens is 2. The molecule has 3 heterocycles. The summed E-state index contributed by atoms with van der Waals surface area (Å²) in [5.41, 5.74) is 0.822. The van der Waals surface area contributed by atoms with Gasteiger partial charge in [-0.25, -0.2) is 4.98 Å². The van der Waals surface area contributed by atoms with Gasteiger partial charge in [0.15, 0.2) is 0 Å².